The zero-order valence-electron chi connectivity index (χ0n) is 15.4. The van der Waals surface area contributed by atoms with Crippen molar-refractivity contribution in [2.24, 2.45) is 0 Å². The highest BCUT2D eigenvalue weighted by Crippen LogP contribution is 2.39. The number of hydrogen-bond donors (Lipinski definition) is 1. The molecule has 2 aliphatic rings. The Labute approximate surface area is 158 Å². The van der Waals surface area contributed by atoms with Gasteiger partial charge in [0.1, 0.15) is 5.82 Å². The van der Waals surface area contributed by atoms with E-state index in [4.69, 9.17) is 0 Å². The number of nitrogens with one attached hydrogen (secondary N) is 1. The quantitative estimate of drug-likeness (QED) is 0.885. The van der Waals surface area contributed by atoms with Crippen LogP contribution in [0.25, 0.3) is 0 Å². The van der Waals surface area contributed by atoms with E-state index in [0.717, 1.165) is 24.8 Å². The number of halogens is 1. The number of rotatable bonds is 2. The van der Waals surface area contributed by atoms with Crippen LogP contribution in [0.4, 0.5) is 4.39 Å². The lowest BCUT2D eigenvalue weighted by Crippen LogP contribution is -2.52. The Morgan fingerprint density at radius 2 is 1.85 bits per heavy atom. The van der Waals surface area contributed by atoms with Gasteiger partial charge in [-0.25, -0.2) is 4.39 Å². The summed E-state index contributed by atoms with van der Waals surface area (Å²) >= 11 is 0. The van der Waals surface area contributed by atoms with Crippen LogP contribution >= 0.6 is 0 Å². The Balaban J connectivity index is 1.43. The molecule has 2 saturated heterocycles. The van der Waals surface area contributed by atoms with E-state index in [1.165, 1.54) is 12.1 Å². The Kier molecular flexibility index (Phi) is 4.46. The van der Waals surface area contributed by atoms with Gasteiger partial charge in [-0.2, -0.15) is 0 Å². The van der Waals surface area contributed by atoms with E-state index in [9.17, 15) is 14.0 Å². The summed E-state index contributed by atoms with van der Waals surface area (Å²) in [6.45, 7) is 2.85. The summed E-state index contributed by atoms with van der Waals surface area (Å²) in [7, 11) is 0. The number of carbonyl (C=O) groups excluding carboxylic acids is 2. The molecule has 4 nitrogen and oxygen atoms in total. The van der Waals surface area contributed by atoms with E-state index >= 15 is 0 Å². The Hall–Kier alpha value is -2.69. The van der Waals surface area contributed by atoms with Gasteiger partial charge in [-0.1, -0.05) is 30.3 Å². The molecule has 2 heterocycles. The van der Waals surface area contributed by atoms with Crippen molar-refractivity contribution >= 4 is 11.8 Å². The lowest BCUT2D eigenvalue weighted by atomic mass is 9.82. The molecule has 2 aliphatic heterocycles. The molecule has 0 radical (unpaired) electrons. The maximum absolute atomic E-state index is 13.5. The van der Waals surface area contributed by atoms with E-state index in [0.29, 0.717) is 24.2 Å². The third-order valence-electron chi connectivity index (χ3n) is 5.91. The first-order valence-corrected chi connectivity index (χ1v) is 9.40. The van der Waals surface area contributed by atoms with Crippen LogP contribution in [0.5, 0.6) is 0 Å². The van der Waals surface area contributed by atoms with Crippen LogP contribution in [0.2, 0.25) is 0 Å². The summed E-state index contributed by atoms with van der Waals surface area (Å²) < 4.78 is 13.5. The molecular weight excluding hydrogens is 343 g/mol. The highest BCUT2D eigenvalue weighted by Gasteiger charge is 2.46. The molecule has 1 N–H and O–H groups in total. The average Bonchev–Trinajstić information content (AvgIpc) is 3.00. The molecule has 0 aromatic heterocycles. The van der Waals surface area contributed by atoms with Gasteiger partial charge in [0.25, 0.3) is 5.91 Å². The SMILES string of the molecule is Cc1cc(C(=O)N2CCC3(CC2)C[C@@H](c2ccccc2)C(=O)N3)ccc1F. The van der Waals surface area contributed by atoms with Gasteiger partial charge in [0.15, 0.2) is 0 Å². The van der Waals surface area contributed by atoms with Crippen molar-refractivity contribution in [3.63, 3.8) is 0 Å². The molecule has 2 aromatic rings. The summed E-state index contributed by atoms with van der Waals surface area (Å²) in [5.41, 5.74) is 1.81. The van der Waals surface area contributed by atoms with E-state index in [1.807, 2.05) is 30.3 Å². The van der Waals surface area contributed by atoms with Crippen molar-refractivity contribution in [1.82, 2.24) is 10.2 Å². The minimum atomic E-state index is -0.301. The van der Waals surface area contributed by atoms with Crippen LogP contribution in [0, 0.1) is 12.7 Å². The fourth-order valence-electron chi connectivity index (χ4n) is 4.26. The molecule has 0 saturated carbocycles. The average molecular weight is 366 g/mol. The number of benzene rings is 2. The third kappa shape index (κ3) is 3.34. The molecule has 2 amide bonds. The fourth-order valence-corrected chi connectivity index (χ4v) is 4.26. The second kappa shape index (κ2) is 6.80. The molecule has 27 heavy (non-hydrogen) atoms. The number of amides is 2. The largest absolute Gasteiger partial charge is 0.350 e. The van der Waals surface area contributed by atoms with E-state index in [2.05, 4.69) is 5.32 Å². The van der Waals surface area contributed by atoms with Gasteiger partial charge in [0, 0.05) is 24.2 Å². The molecular formula is C22H23FN2O2. The minimum Gasteiger partial charge on any atom is -0.350 e. The minimum absolute atomic E-state index is 0.0723. The lowest BCUT2D eigenvalue weighted by molar-refractivity contribution is -0.121. The molecule has 0 unspecified atom stereocenters. The molecule has 140 valence electrons. The topological polar surface area (TPSA) is 49.4 Å². The Bertz CT molecular complexity index is 873. The number of aryl methyl sites for hydroxylation is 1. The predicted octanol–water partition coefficient (Wildman–Crippen LogP) is 3.41. The van der Waals surface area contributed by atoms with E-state index < -0.39 is 0 Å². The summed E-state index contributed by atoms with van der Waals surface area (Å²) in [5.74, 6) is -0.412. The van der Waals surface area contributed by atoms with Gasteiger partial charge in [0.05, 0.1) is 5.92 Å². The molecule has 0 bridgehead atoms. The van der Waals surface area contributed by atoms with Crippen LogP contribution in [0.1, 0.15) is 46.7 Å². The van der Waals surface area contributed by atoms with Crippen LogP contribution in [-0.2, 0) is 4.79 Å². The highest BCUT2D eigenvalue weighted by molar-refractivity contribution is 5.94. The smallest absolute Gasteiger partial charge is 0.253 e. The highest BCUT2D eigenvalue weighted by atomic mass is 19.1. The fraction of sp³-hybridized carbons (Fsp3) is 0.364. The number of piperidine rings is 1. The standard InChI is InChI=1S/C22H23FN2O2/c1-15-13-17(7-8-19(15)23)21(27)25-11-9-22(10-12-25)14-18(20(26)24-22)16-5-3-2-4-6-16/h2-8,13,18H,9-12,14H2,1H3,(H,24,26)/t18-/m0/s1. The summed E-state index contributed by atoms with van der Waals surface area (Å²) in [6.07, 6.45) is 2.26. The molecule has 1 atom stereocenters. The Morgan fingerprint density at radius 1 is 1.15 bits per heavy atom. The predicted molar refractivity (Wildman–Crippen MR) is 101 cm³/mol. The van der Waals surface area contributed by atoms with Crippen molar-refractivity contribution in [2.75, 3.05) is 13.1 Å². The van der Waals surface area contributed by atoms with Crippen LogP contribution in [0.3, 0.4) is 0 Å². The first kappa shape index (κ1) is 17.7. The maximum atomic E-state index is 13.5. The molecule has 1 spiro atoms. The number of likely N-dealkylation sites (tertiary alicyclic amines) is 1. The zero-order valence-corrected chi connectivity index (χ0v) is 15.4. The van der Waals surface area contributed by atoms with Gasteiger partial charge in [-0.05, 0) is 55.5 Å². The summed E-state index contributed by atoms with van der Waals surface area (Å²) in [5, 5.41) is 3.21. The van der Waals surface area contributed by atoms with Crippen molar-refractivity contribution in [1.29, 1.82) is 0 Å². The van der Waals surface area contributed by atoms with Gasteiger partial charge >= 0.3 is 0 Å². The van der Waals surface area contributed by atoms with Crippen molar-refractivity contribution in [3.05, 3.63) is 71.0 Å². The van der Waals surface area contributed by atoms with Gasteiger partial charge in [0.2, 0.25) is 5.91 Å². The third-order valence-corrected chi connectivity index (χ3v) is 5.91. The first-order valence-electron chi connectivity index (χ1n) is 9.40. The molecule has 4 rings (SSSR count). The molecule has 0 aliphatic carbocycles. The first-order chi connectivity index (χ1) is 13.0. The molecule has 2 fully saturated rings. The lowest BCUT2D eigenvalue weighted by Gasteiger charge is -2.39. The molecule has 2 aromatic carbocycles. The van der Waals surface area contributed by atoms with Crippen molar-refractivity contribution < 1.29 is 14.0 Å². The van der Waals surface area contributed by atoms with Crippen molar-refractivity contribution in [3.8, 4) is 0 Å². The van der Waals surface area contributed by atoms with Crippen LogP contribution in [0.15, 0.2) is 48.5 Å². The maximum Gasteiger partial charge on any atom is 0.253 e. The normalized spacial score (nSPS) is 21.3. The van der Waals surface area contributed by atoms with E-state index in [-0.39, 0.29) is 29.1 Å². The van der Waals surface area contributed by atoms with Gasteiger partial charge < -0.3 is 10.2 Å². The van der Waals surface area contributed by atoms with Crippen LogP contribution < -0.4 is 5.32 Å². The second-order valence-electron chi connectivity index (χ2n) is 7.69. The van der Waals surface area contributed by atoms with Crippen molar-refractivity contribution in [2.45, 2.75) is 37.6 Å². The monoisotopic (exact) mass is 366 g/mol. The zero-order chi connectivity index (χ0) is 19.0. The second-order valence-corrected chi connectivity index (χ2v) is 7.69. The number of carbonyl (C=O) groups is 2. The van der Waals surface area contributed by atoms with E-state index in [1.54, 1.807) is 17.9 Å². The molecule has 5 heteroatoms. The van der Waals surface area contributed by atoms with Gasteiger partial charge in [-0.15, -0.1) is 0 Å². The summed E-state index contributed by atoms with van der Waals surface area (Å²) in [4.78, 5) is 27.1. The van der Waals surface area contributed by atoms with Gasteiger partial charge in [-0.3, -0.25) is 9.59 Å². The van der Waals surface area contributed by atoms with Crippen LogP contribution in [-0.4, -0.2) is 35.3 Å². The number of hydrogen-bond acceptors (Lipinski definition) is 2. The number of nitrogens with zero attached hydrogens (tertiary/aromatic N) is 1. The summed E-state index contributed by atoms with van der Waals surface area (Å²) in [6, 6.07) is 14.3. The Morgan fingerprint density at radius 3 is 2.52 bits per heavy atom.